The first-order chi connectivity index (χ1) is 8.26. The lowest BCUT2D eigenvalue weighted by molar-refractivity contribution is -0.136. The maximum Gasteiger partial charge on any atom is 0.389 e. The van der Waals surface area contributed by atoms with Gasteiger partial charge < -0.3 is 10.1 Å². The van der Waals surface area contributed by atoms with Crippen LogP contribution < -0.4 is 5.32 Å². The van der Waals surface area contributed by atoms with E-state index in [9.17, 15) is 13.2 Å². The molecule has 1 aliphatic rings. The predicted octanol–water partition coefficient (Wildman–Crippen LogP) is 3.37. The second-order valence-corrected chi connectivity index (χ2v) is 5.39. The molecule has 1 aliphatic heterocycles. The number of alkyl halides is 3. The highest BCUT2D eigenvalue weighted by Gasteiger charge is 2.41. The van der Waals surface area contributed by atoms with Gasteiger partial charge in [0.05, 0.1) is 12.2 Å². The van der Waals surface area contributed by atoms with Gasteiger partial charge in [0, 0.05) is 18.4 Å². The van der Waals surface area contributed by atoms with Gasteiger partial charge in [0.1, 0.15) is 0 Å². The first kappa shape index (κ1) is 15.8. The fraction of sp³-hybridized carbons (Fsp3) is 1.00. The Hall–Kier alpha value is -0.290. The Balaban J connectivity index is 2.50. The van der Waals surface area contributed by atoms with Crippen LogP contribution in [0.4, 0.5) is 13.2 Å². The molecule has 108 valence electrons. The van der Waals surface area contributed by atoms with Gasteiger partial charge in [-0.15, -0.1) is 0 Å². The molecule has 0 aromatic rings. The normalized spacial score (nSPS) is 34.8. The lowest BCUT2D eigenvalue weighted by Crippen LogP contribution is -2.40. The summed E-state index contributed by atoms with van der Waals surface area (Å²) in [6.07, 6.45) is -3.72. The molecule has 0 aromatic carbocycles. The zero-order chi connectivity index (χ0) is 13.9. The largest absolute Gasteiger partial charge is 0.389 e. The third kappa shape index (κ3) is 4.12. The molecule has 18 heavy (non-hydrogen) atoms. The summed E-state index contributed by atoms with van der Waals surface area (Å²) >= 11 is 0. The molecule has 0 aromatic heterocycles. The van der Waals surface area contributed by atoms with E-state index in [1.807, 2.05) is 20.9 Å². The van der Waals surface area contributed by atoms with Crippen molar-refractivity contribution in [2.24, 2.45) is 11.8 Å². The summed E-state index contributed by atoms with van der Waals surface area (Å²) in [5.41, 5.74) is 0. The summed E-state index contributed by atoms with van der Waals surface area (Å²) in [4.78, 5) is 0. The van der Waals surface area contributed by atoms with Gasteiger partial charge in [-0.3, -0.25) is 0 Å². The van der Waals surface area contributed by atoms with E-state index in [-0.39, 0.29) is 24.7 Å². The van der Waals surface area contributed by atoms with E-state index in [2.05, 4.69) is 12.2 Å². The van der Waals surface area contributed by atoms with Gasteiger partial charge in [0.2, 0.25) is 0 Å². The van der Waals surface area contributed by atoms with Crippen LogP contribution >= 0.6 is 0 Å². The van der Waals surface area contributed by atoms with Gasteiger partial charge in [-0.1, -0.05) is 6.92 Å². The number of halogens is 3. The van der Waals surface area contributed by atoms with Crippen molar-refractivity contribution in [1.82, 2.24) is 5.32 Å². The summed E-state index contributed by atoms with van der Waals surface area (Å²) in [5.74, 6) is 0.668. The van der Waals surface area contributed by atoms with Crippen molar-refractivity contribution in [3.63, 3.8) is 0 Å². The summed E-state index contributed by atoms with van der Waals surface area (Å²) in [6.45, 7) is 6.16. The Morgan fingerprint density at radius 3 is 2.17 bits per heavy atom. The summed E-state index contributed by atoms with van der Waals surface area (Å²) < 4.78 is 42.2. The minimum absolute atomic E-state index is 0.0994. The van der Waals surface area contributed by atoms with Gasteiger partial charge >= 0.3 is 6.18 Å². The molecule has 1 saturated heterocycles. The van der Waals surface area contributed by atoms with Crippen LogP contribution in [0.5, 0.6) is 0 Å². The fourth-order valence-electron chi connectivity index (χ4n) is 3.04. The molecule has 0 saturated carbocycles. The SMILES string of the molecule is CNC(CCCC(F)(F)F)C1C(C)OC(C)C1C. The van der Waals surface area contributed by atoms with Crippen LogP contribution in [0.1, 0.15) is 40.0 Å². The highest BCUT2D eigenvalue weighted by molar-refractivity contribution is 4.91. The molecule has 0 amide bonds. The highest BCUT2D eigenvalue weighted by Crippen LogP contribution is 2.36. The Morgan fingerprint density at radius 2 is 1.78 bits per heavy atom. The number of hydrogen-bond donors (Lipinski definition) is 1. The van der Waals surface area contributed by atoms with Crippen molar-refractivity contribution < 1.29 is 17.9 Å². The smallest absolute Gasteiger partial charge is 0.375 e. The van der Waals surface area contributed by atoms with Gasteiger partial charge in [-0.2, -0.15) is 13.2 Å². The molecule has 1 heterocycles. The van der Waals surface area contributed by atoms with Gasteiger partial charge in [0.25, 0.3) is 0 Å². The zero-order valence-electron chi connectivity index (χ0n) is 11.6. The first-order valence-corrected chi connectivity index (χ1v) is 6.65. The van der Waals surface area contributed by atoms with E-state index >= 15 is 0 Å². The van der Waals surface area contributed by atoms with Crippen LogP contribution in [0.2, 0.25) is 0 Å². The minimum Gasteiger partial charge on any atom is -0.375 e. The Kier molecular flexibility index (Phi) is 5.46. The van der Waals surface area contributed by atoms with Crippen molar-refractivity contribution in [2.45, 2.75) is 64.5 Å². The van der Waals surface area contributed by atoms with Crippen LogP contribution in [0.25, 0.3) is 0 Å². The summed E-state index contributed by atoms with van der Waals surface area (Å²) in [5, 5.41) is 3.16. The Labute approximate surface area is 107 Å². The molecule has 5 heteroatoms. The maximum absolute atomic E-state index is 12.2. The molecule has 1 N–H and O–H groups in total. The molecule has 0 bridgehead atoms. The molecule has 0 aliphatic carbocycles. The lowest BCUT2D eigenvalue weighted by Gasteiger charge is -2.28. The molecule has 5 atom stereocenters. The van der Waals surface area contributed by atoms with Crippen molar-refractivity contribution in [3.8, 4) is 0 Å². The van der Waals surface area contributed by atoms with Gasteiger partial charge in [-0.05, 0) is 39.7 Å². The van der Waals surface area contributed by atoms with Crippen molar-refractivity contribution in [3.05, 3.63) is 0 Å². The van der Waals surface area contributed by atoms with Crippen molar-refractivity contribution >= 4 is 0 Å². The monoisotopic (exact) mass is 267 g/mol. The average Bonchev–Trinajstić information content (AvgIpc) is 2.48. The zero-order valence-corrected chi connectivity index (χ0v) is 11.6. The molecular formula is C13H24F3NO. The van der Waals surface area contributed by atoms with E-state index in [0.717, 1.165) is 0 Å². The average molecular weight is 267 g/mol. The predicted molar refractivity (Wildman–Crippen MR) is 65.4 cm³/mol. The maximum atomic E-state index is 12.2. The van der Waals surface area contributed by atoms with Crippen molar-refractivity contribution in [1.29, 1.82) is 0 Å². The highest BCUT2D eigenvalue weighted by atomic mass is 19.4. The van der Waals surface area contributed by atoms with E-state index in [1.54, 1.807) is 0 Å². The number of nitrogens with one attached hydrogen (secondary N) is 1. The van der Waals surface area contributed by atoms with Gasteiger partial charge in [-0.25, -0.2) is 0 Å². The van der Waals surface area contributed by atoms with Crippen LogP contribution in [-0.4, -0.2) is 31.5 Å². The number of hydrogen-bond acceptors (Lipinski definition) is 2. The Morgan fingerprint density at radius 1 is 1.17 bits per heavy atom. The Bertz CT molecular complexity index is 257. The topological polar surface area (TPSA) is 21.3 Å². The summed E-state index contributed by atoms with van der Waals surface area (Å²) in [7, 11) is 1.82. The quantitative estimate of drug-likeness (QED) is 0.824. The number of ether oxygens (including phenoxy) is 1. The lowest BCUT2D eigenvalue weighted by atomic mass is 9.81. The van der Waals surface area contributed by atoms with Crippen LogP contribution in [-0.2, 0) is 4.74 Å². The minimum atomic E-state index is -4.05. The van der Waals surface area contributed by atoms with Crippen LogP contribution in [0, 0.1) is 11.8 Å². The molecule has 1 fully saturated rings. The van der Waals surface area contributed by atoms with Crippen LogP contribution in [0.3, 0.4) is 0 Å². The van der Waals surface area contributed by atoms with E-state index < -0.39 is 12.6 Å². The molecule has 0 spiro atoms. The molecule has 1 rings (SSSR count). The fourth-order valence-corrected chi connectivity index (χ4v) is 3.04. The summed E-state index contributed by atoms with van der Waals surface area (Å²) in [6, 6.07) is 0.0994. The second-order valence-electron chi connectivity index (χ2n) is 5.39. The van der Waals surface area contributed by atoms with E-state index in [4.69, 9.17) is 4.74 Å². The standard InChI is InChI=1S/C13H24F3NO/c1-8-9(2)18-10(3)12(8)11(17-4)6-5-7-13(14,15)16/h8-12,17H,5-7H2,1-4H3. The molecule has 5 unspecified atom stereocenters. The van der Waals surface area contributed by atoms with E-state index in [1.165, 1.54) is 0 Å². The first-order valence-electron chi connectivity index (χ1n) is 6.65. The molecule has 2 nitrogen and oxygen atoms in total. The number of rotatable bonds is 5. The van der Waals surface area contributed by atoms with Crippen LogP contribution in [0.15, 0.2) is 0 Å². The second kappa shape index (κ2) is 6.24. The van der Waals surface area contributed by atoms with E-state index in [0.29, 0.717) is 18.3 Å². The molecule has 0 radical (unpaired) electrons. The van der Waals surface area contributed by atoms with Gasteiger partial charge in [0.15, 0.2) is 0 Å². The van der Waals surface area contributed by atoms with Crippen molar-refractivity contribution in [2.75, 3.05) is 7.05 Å². The third-order valence-electron chi connectivity index (χ3n) is 4.13. The third-order valence-corrected chi connectivity index (χ3v) is 4.13. The molecular weight excluding hydrogens is 243 g/mol.